The van der Waals surface area contributed by atoms with E-state index >= 15 is 0 Å². The van der Waals surface area contributed by atoms with Gasteiger partial charge in [-0.05, 0) is 48.0 Å². The zero-order chi connectivity index (χ0) is 12.4. The summed E-state index contributed by atoms with van der Waals surface area (Å²) in [6.07, 6.45) is 1.65. The highest BCUT2D eigenvalue weighted by atomic mass is 16.6. The highest BCUT2D eigenvalue weighted by Gasteiger charge is 2.28. The van der Waals surface area contributed by atoms with E-state index in [-0.39, 0.29) is 17.2 Å². The Bertz CT molecular complexity index is 216. The average molecular weight is 229 g/mol. The fraction of sp³-hybridized carbons (Fsp3) is 1.00. The fourth-order valence-electron chi connectivity index (χ4n) is 2.28. The molecule has 2 unspecified atom stereocenters. The molecule has 0 saturated carbocycles. The summed E-state index contributed by atoms with van der Waals surface area (Å²) in [4.78, 5) is 0. The summed E-state index contributed by atoms with van der Waals surface area (Å²) in [7, 11) is 0. The maximum atomic E-state index is 5.75. The third-order valence-electron chi connectivity index (χ3n) is 2.48. The van der Waals surface area contributed by atoms with E-state index in [9.17, 15) is 0 Å². The minimum atomic E-state index is 0.0993. The molecule has 1 rings (SSSR count). The number of nitrogens with one attached hydrogen (secondary N) is 1. The van der Waals surface area contributed by atoms with Crippen molar-refractivity contribution in [3.05, 3.63) is 0 Å². The van der Waals surface area contributed by atoms with Crippen LogP contribution < -0.4 is 5.32 Å². The van der Waals surface area contributed by atoms with Gasteiger partial charge in [0.05, 0.1) is 19.3 Å². The van der Waals surface area contributed by atoms with Gasteiger partial charge in [-0.1, -0.05) is 0 Å². The Morgan fingerprint density at radius 1 is 1.31 bits per heavy atom. The maximum absolute atomic E-state index is 5.75. The third-order valence-corrected chi connectivity index (χ3v) is 2.48. The van der Waals surface area contributed by atoms with Gasteiger partial charge in [-0.25, -0.2) is 0 Å². The second-order valence-electron chi connectivity index (χ2n) is 6.56. The molecule has 0 aromatic heterocycles. The number of hydrogen-bond donors (Lipinski definition) is 1. The Balaban J connectivity index is 2.26. The average Bonchev–Trinajstić information content (AvgIpc) is 2.76. The third kappa shape index (κ3) is 6.46. The Kier molecular flexibility index (Phi) is 4.38. The van der Waals surface area contributed by atoms with Crippen molar-refractivity contribution < 1.29 is 9.47 Å². The molecule has 0 aromatic rings. The van der Waals surface area contributed by atoms with Crippen molar-refractivity contribution >= 4 is 0 Å². The van der Waals surface area contributed by atoms with Crippen molar-refractivity contribution in [3.63, 3.8) is 0 Å². The second-order valence-corrected chi connectivity index (χ2v) is 6.56. The van der Waals surface area contributed by atoms with Crippen molar-refractivity contribution in [2.75, 3.05) is 13.2 Å². The fourth-order valence-corrected chi connectivity index (χ4v) is 2.28. The van der Waals surface area contributed by atoms with Crippen LogP contribution in [-0.4, -0.2) is 36.5 Å². The van der Waals surface area contributed by atoms with E-state index in [1.165, 1.54) is 0 Å². The normalized spacial score (nSPS) is 23.2. The maximum Gasteiger partial charge on any atom is 0.104 e. The first kappa shape index (κ1) is 13.9. The summed E-state index contributed by atoms with van der Waals surface area (Å²) < 4.78 is 10.9. The summed E-state index contributed by atoms with van der Waals surface area (Å²) in [6.45, 7) is 14.8. The van der Waals surface area contributed by atoms with Crippen LogP contribution in [0.25, 0.3) is 0 Å². The van der Waals surface area contributed by atoms with Gasteiger partial charge in [-0.2, -0.15) is 0 Å². The van der Waals surface area contributed by atoms with Gasteiger partial charge >= 0.3 is 0 Å². The molecule has 0 aromatic carbocycles. The van der Waals surface area contributed by atoms with Crippen molar-refractivity contribution in [1.29, 1.82) is 0 Å². The number of ether oxygens (including phenoxy) is 2. The zero-order valence-corrected chi connectivity index (χ0v) is 11.6. The van der Waals surface area contributed by atoms with Gasteiger partial charge < -0.3 is 14.8 Å². The van der Waals surface area contributed by atoms with Crippen molar-refractivity contribution in [1.82, 2.24) is 5.32 Å². The largest absolute Gasteiger partial charge is 0.376 e. The van der Waals surface area contributed by atoms with Gasteiger partial charge in [0.15, 0.2) is 0 Å². The summed E-state index contributed by atoms with van der Waals surface area (Å²) in [5, 5.41) is 3.62. The molecule has 3 nitrogen and oxygen atoms in total. The van der Waals surface area contributed by atoms with Gasteiger partial charge in [0, 0.05) is 11.1 Å². The van der Waals surface area contributed by atoms with E-state index in [1.807, 2.05) is 0 Å². The topological polar surface area (TPSA) is 33.8 Å². The summed E-state index contributed by atoms with van der Waals surface area (Å²) in [5.41, 5.74) is 0.241. The van der Waals surface area contributed by atoms with E-state index in [2.05, 4.69) is 46.9 Å². The van der Waals surface area contributed by atoms with Crippen LogP contribution in [0.1, 0.15) is 48.0 Å². The molecule has 1 fully saturated rings. The number of epoxide rings is 1. The summed E-state index contributed by atoms with van der Waals surface area (Å²) >= 11 is 0. The molecule has 1 aliphatic rings. The molecule has 1 saturated heterocycles. The van der Waals surface area contributed by atoms with E-state index in [0.29, 0.717) is 6.10 Å². The van der Waals surface area contributed by atoms with Crippen molar-refractivity contribution in [3.8, 4) is 0 Å². The van der Waals surface area contributed by atoms with E-state index in [4.69, 9.17) is 9.47 Å². The first-order chi connectivity index (χ1) is 7.18. The van der Waals surface area contributed by atoms with Crippen LogP contribution in [0, 0.1) is 0 Å². The first-order valence-electron chi connectivity index (χ1n) is 6.20. The number of rotatable bonds is 6. The molecule has 0 bridgehead atoms. The Hall–Kier alpha value is -0.120. The Morgan fingerprint density at radius 3 is 2.31 bits per heavy atom. The molecule has 2 atom stereocenters. The lowest BCUT2D eigenvalue weighted by Crippen LogP contribution is -2.51. The summed E-state index contributed by atoms with van der Waals surface area (Å²) in [5.74, 6) is 0. The molecular formula is C13H27NO2. The quantitative estimate of drug-likeness (QED) is 0.710. The molecule has 0 amide bonds. The lowest BCUT2D eigenvalue weighted by atomic mass is 9.93. The molecule has 3 heteroatoms. The molecule has 1 aliphatic heterocycles. The van der Waals surface area contributed by atoms with E-state index in [1.54, 1.807) is 0 Å². The zero-order valence-electron chi connectivity index (χ0n) is 11.6. The smallest absolute Gasteiger partial charge is 0.104 e. The molecule has 1 N–H and O–H groups in total. The van der Waals surface area contributed by atoms with E-state index in [0.717, 1.165) is 19.6 Å². The lowest BCUT2D eigenvalue weighted by molar-refractivity contribution is 0.0304. The van der Waals surface area contributed by atoms with Crippen LogP contribution in [0.2, 0.25) is 0 Å². The summed E-state index contributed by atoms with van der Waals surface area (Å²) in [6, 6.07) is 0. The SMILES string of the molecule is CC(CC(C)(C)NC(C)(C)C)OCC1CO1. The minimum absolute atomic E-state index is 0.0993. The predicted octanol–water partition coefficient (Wildman–Crippen LogP) is 2.35. The highest BCUT2D eigenvalue weighted by molar-refractivity contribution is 4.87. The molecule has 96 valence electrons. The molecule has 0 aliphatic carbocycles. The number of hydrogen-bond acceptors (Lipinski definition) is 3. The molecule has 16 heavy (non-hydrogen) atoms. The van der Waals surface area contributed by atoms with Gasteiger partial charge in [-0.3, -0.25) is 0 Å². The highest BCUT2D eigenvalue weighted by Crippen LogP contribution is 2.19. The molecule has 0 radical (unpaired) electrons. The van der Waals surface area contributed by atoms with Crippen molar-refractivity contribution in [2.45, 2.75) is 71.2 Å². The van der Waals surface area contributed by atoms with Crippen molar-refractivity contribution in [2.24, 2.45) is 0 Å². The lowest BCUT2D eigenvalue weighted by Gasteiger charge is -2.36. The monoisotopic (exact) mass is 229 g/mol. The van der Waals surface area contributed by atoms with Crippen LogP contribution in [0.5, 0.6) is 0 Å². The molecular weight excluding hydrogens is 202 g/mol. The minimum Gasteiger partial charge on any atom is -0.376 e. The Morgan fingerprint density at radius 2 is 1.88 bits per heavy atom. The predicted molar refractivity (Wildman–Crippen MR) is 66.7 cm³/mol. The standard InChI is InChI=1S/C13H27NO2/c1-10(15-8-11-9-16-11)7-13(5,6)14-12(2,3)4/h10-11,14H,7-9H2,1-6H3. The van der Waals surface area contributed by atoms with Crippen LogP contribution >= 0.6 is 0 Å². The van der Waals surface area contributed by atoms with Crippen LogP contribution in [0.3, 0.4) is 0 Å². The molecule has 1 heterocycles. The van der Waals surface area contributed by atoms with Gasteiger partial charge in [-0.15, -0.1) is 0 Å². The van der Waals surface area contributed by atoms with Gasteiger partial charge in [0.1, 0.15) is 6.10 Å². The van der Waals surface area contributed by atoms with Gasteiger partial charge in [0.25, 0.3) is 0 Å². The first-order valence-corrected chi connectivity index (χ1v) is 6.20. The van der Waals surface area contributed by atoms with Crippen LogP contribution in [-0.2, 0) is 9.47 Å². The van der Waals surface area contributed by atoms with Crippen LogP contribution in [0.4, 0.5) is 0 Å². The van der Waals surface area contributed by atoms with Crippen LogP contribution in [0.15, 0.2) is 0 Å². The Labute approximate surface area is 99.9 Å². The second kappa shape index (κ2) is 5.03. The molecule has 0 spiro atoms. The van der Waals surface area contributed by atoms with E-state index < -0.39 is 0 Å². The van der Waals surface area contributed by atoms with Gasteiger partial charge in [0.2, 0.25) is 0 Å².